The van der Waals surface area contributed by atoms with Gasteiger partial charge < -0.3 is 19.9 Å². The Morgan fingerprint density at radius 1 is 1.09 bits per heavy atom. The summed E-state index contributed by atoms with van der Waals surface area (Å²) in [6, 6.07) is 21.1. The van der Waals surface area contributed by atoms with Gasteiger partial charge >= 0.3 is 0 Å². The van der Waals surface area contributed by atoms with Crippen molar-refractivity contribution in [1.82, 2.24) is 20.1 Å². The lowest BCUT2D eigenvalue weighted by Gasteiger charge is -2.36. The number of thioether (sulfide) groups is 1. The maximum atomic E-state index is 14.5. The molecule has 0 saturated carbocycles. The Labute approximate surface area is 259 Å². The van der Waals surface area contributed by atoms with Crippen molar-refractivity contribution >= 4 is 46.1 Å². The molecule has 0 spiro atoms. The molecule has 2 amide bonds. The van der Waals surface area contributed by atoms with Gasteiger partial charge in [-0.2, -0.15) is 0 Å². The maximum absolute atomic E-state index is 14.5. The van der Waals surface area contributed by atoms with Crippen LogP contribution in [0.15, 0.2) is 83.9 Å². The summed E-state index contributed by atoms with van der Waals surface area (Å²) in [5, 5.41) is 4.59. The predicted octanol–water partition coefficient (Wildman–Crippen LogP) is 5.80. The van der Waals surface area contributed by atoms with E-state index in [1.165, 1.54) is 23.9 Å². The van der Waals surface area contributed by atoms with E-state index in [0.717, 1.165) is 60.7 Å². The highest BCUT2D eigenvalue weighted by Crippen LogP contribution is 2.54. The van der Waals surface area contributed by atoms with Crippen molar-refractivity contribution in [2.24, 2.45) is 0 Å². The monoisotopic (exact) mass is 620 g/mol. The van der Waals surface area contributed by atoms with E-state index >= 15 is 0 Å². The number of likely N-dealkylation sites (tertiary alicyclic amines) is 1. The van der Waals surface area contributed by atoms with E-state index < -0.39 is 10.8 Å². The first-order valence-corrected chi connectivity index (χ1v) is 15.8. The minimum Gasteiger partial charge on any atom is -0.379 e. The average Bonchev–Trinajstić information content (AvgIpc) is 3.54. The highest BCUT2D eigenvalue weighted by atomic mass is 35.5. The molecule has 2 saturated heterocycles. The third-order valence-corrected chi connectivity index (χ3v) is 9.87. The maximum Gasteiger partial charge on any atom is 0.239 e. The van der Waals surface area contributed by atoms with Gasteiger partial charge in [-0.25, -0.2) is 4.39 Å². The Morgan fingerprint density at radius 2 is 1.86 bits per heavy atom. The quantitative estimate of drug-likeness (QED) is 0.219. The second-order valence-electron chi connectivity index (χ2n) is 11.0. The Bertz CT molecular complexity index is 1580. The largest absolute Gasteiger partial charge is 0.379 e. The van der Waals surface area contributed by atoms with Crippen LogP contribution in [-0.2, 0) is 20.9 Å². The molecule has 7 nitrogen and oxygen atoms in total. The van der Waals surface area contributed by atoms with Gasteiger partial charge in [-0.05, 0) is 61.0 Å². The molecule has 0 bridgehead atoms. The summed E-state index contributed by atoms with van der Waals surface area (Å²) in [7, 11) is 0. The van der Waals surface area contributed by atoms with Crippen LogP contribution in [0.25, 0.3) is 10.9 Å². The number of aromatic amines is 1. The zero-order valence-electron chi connectivity index (χ0n) is 23.7. The van der Waals surface area contributed by atoms with Crippen molar-refractivity contribution in [3.63, 3.8) is 0 Å². The number of amides is 2. The van der Waals surface area contributed by atoms with E-state index in [1.807, 2.05) is 48.7 Å². The fourth-order valence-corrected chi connectivity index (χ4v) is 7.64. The number of hydrogen-bond donors (Lipinski definition) is 2. The minimum atomic E-state index is -1.17. The molecule has 1 aromatic heterocycles. The molecule has 2 aliphatic heterocycles. The molecule has 10 heteroatoms. The van der Waals surface area contributed by atoms with E-state index in [9.17, 15) is 14.0 Å². The number of halogens is 2. The van der Waals surface area contributed by atoms with Crippen molar-refractivity contribution in [1.29, 1.82) is 0 Å². The number of nitrogens with one attached hydrogen (secondary N) is 2. The van der Waals surface area contributed by atoms with Gasteiger partial charge in [0.15, 0.2) is 0 Å². The lowest BCUT2D eigenvalue weighted by molar-refractivity contribution is -0.129. The van der Waals surface area contributed by atoms with E-state index in [0.29, 0.717) is 23.6 Å². The van der Waals surface area contributed by atoms with Crippen LogP contribution in [0.2, 0.25) is 5.02 Å². The second-order valence-corrected chi connectivity index (χ2v) is 12.9. The van der Waals surface area contributed by atoms with E-state index in [4.69, 9.17) is 16.3 Å². The fraction of sp³-hybridized carbons (Fsp3) is 0.333. The second kappa shape index (κ2) is 13.1. The van der Waals surface area contributed by atoms with Crippen molar-refractivity contribution in [3.8, 4) is 0 Å². The molecular weight excluding hydrogens is 587 g/mol. The number of carbonyl (C=O) groups is 2. The molecule has 6 rings (SSSR count). The standard InChI is InChI=1S/C33H34ClFN4O3S/c34-24-9-7-23(8-10-24)22-39-30(40)20-33(43-26-5-2-1-3-6-26,32(41)36-13-4-14-38-15-17-42-18-16-38)31(39)28-21-37-29-19-25(35)11-12-27(28)29/h1-3,5-12,19,21,31,37H,4,13-18,20,22H2,(H,36,41). The Balaban J connectivity index is 1.38. The number of rotatable bonds is 10. The van der Waals surface area contributed by atoms with Gasteiger partial charge in [0, 0.05) is 58.8 Å². The molecule has 2 N–H and O–H groups in total. The van der Waals surface area contributed by atoms with Crippen LogP contribution < -0.4 is 5.32 Å². The predicted molar refractivity (Wildman–Crippen MR) is 168 cm³/mol. The number of carbonyl (C=O) groups excluding carboxylic acids is 2. The Morgan fingerprint density at radius 3 is 2.63 bits per heavy atom. The molecule has 3 aromatic carbocycles. The van der Waals surface area contributed by atoms with Gasteiger partial charge in [-0.3, -0.25) is 14.5 Å². The third kappa shape index (κ3) is 6.45. The van der Waals surface area contributed by atoms with Gasteiger partial charge in [-0.1, -0.05) is 41.9 Å². The summed E-state index contributed by atoms with van der Waals surface area (Å²) in [4.78, 5) is 36.7. The lowest BCUT2D eigenvalue weighted by atomic mass is 9.91. The molecule has 0 aliphatic carbocycles. The van der Waals surface area contributed by atoms with Crippen LogP contribution in [0.4, 0.5) is 4.39 Å². The summed E-state index contributed by atoms with van der Waals surface area (Å²) in [6.45, 7) is 4.89. The van der Waals surface area contributed by atoms with Gasteiger partial charge in [0.2, 0.25) is 11.8 Å². The first-order chi connectivity index (χ1) is 20.9. The zero-order chi connectivity index (χ0) is 29.8. The lowest BCUT2D eigenvalue weighted by Crippen LogP contribution is -2.48. The smallest absolute Gasteiger partial charge is 0.239 e. The number of ether oxygens (including phenoxy) is 1. The summed E-state index contributed by atoms with van der Waals surface area (Å²) in [5.41, 5.74) is 2.30. The van der Waals surface area contributed by atoms with Crippen LogP contribution in [0.3, 0.4) is 0 Å². The third-order valence-electron chi connectivity index (χ3n) is 8.19. The number of H-pyrrole nitrogens is 1. The van der Waals surface area contributed by atoms with Crippen molar-refractivity contribution in [2.45, 2.75) is 35.1 Å². The Kier molecular flexibility index (Phi) is 9.04. The van der Waals surface area contributed by atoms with Crippen LogP contribution in [0, 0.1) is 5.82 Å². The van der Waals surface area contributed by atoms with Crippen molar-refractivity contribution < 1.29 is 18.7 Å². The topological polar surface area (TPSA) is 77.7 Å². The normalized spacial score (nSPS) is 21.0. The van der Waals surface area contributed by atoms with Crippen LogP contribution in [0.1, 0.15) is 30.0 Å². The first kappa shape index (κ1) is 29.7. The molecule has 3 heterocycles. The molecular formula is C33H34ClFN4O3S. The van der Waals surface area contributed by atoms with E-state index in [-0.39, 0.29) is 24.1 Å². The highest BCUT2D eigenvalue weighted by Gasteiger charge is 2.58. The van der Waals surface area contributed by atoms with Gasteiger partial charge in [-0.15, -0.1) is 11.8 Å². The number of benzene rings is 3. The molecule has 2 unspecified atom stereocenters. The molecule has 4 aromatic rings. The number of morpholine rings is 1. The van der Waals surface area contributed by atoms with Crippen molar-refractivity contribution in [3.05, 3.63) is 101 Å². The SMILES string of the molecule is O=C1CC(Sc2ccccc2)(C(=O)NCCCN2CCOCC2)C(c2c[nH]c3cc(F)ccc23)N1Cc1ccc(Cl)cc1. The van der Waals surface area contributed by atoms with Crippen LogP contribution in [0.5, 0.6) is 0 Å². The fourth-order valence-electron chi connectivity index (χ4n) is 6.07. The minimum absolute atomic E-state index is 0.0218. The number of nitrogens with zero attached hydrogens (tertiary/aromatic N) is 2. The van der Waals surface area contributed by atoms with Gasteiger partial charge in [0.1, 0.15) is 10.6 Å². The first-order valence-electron chi connectivity index (χ1n) is 14.6. The summed E-state index contributed by atoms with van der Waals surface area (Å²) < 4.78 is 18.5. The summed E-state index contributed by atoms with van der Waals surface area (Å²) in [5.74, 6) is -0.663. The van der Waals surface area contributed by atoms with Gasteiger partial charge in [0.25, 0.3) is 0 Å². The molecule has 43 heavy (non-hydrogen) atoms. The van der Waals surface area contributed by atoms with Crippen molar-refractivity contribution in [2.75, 3.05) is 39.4 Å². The van der Waals surface area contributed by atoms with E-state index in [2.05, 4.69) is 15.2 Å². The van der Waals surface area contributed by atoms with Gasteiger partial charge in [0.05, 0.1) is 25.7 Å². The van der Waals surface area contributed by atoms with Crippen LogP contribution >= 0.6 is 23.4 Å². The highest BCUT2D eigenvalue weighted by molar-refractivity contribution is 8.01. The molecule has 2 atom stereocenters. The van der Waals surface area contributed by atoms with E-state index in [1.54, 1.807) is 23.1 Å². The number of aromatic nitrogens is 1. The Hall–Kier alpha value is -3.37. The zero-order valence-corrected chi connectivity index (χ0v) is 25.3. The number of hydrogen-bond acceptors (Lipinski definition) is 5. The summed E-state index contributed by atoms with van der Waals surface area (Å²) >= 11 is 7.57. The molecule has 224 valence electrons. The average molecular weight is 621 g/mol. The van der Waals surface area contributed by atoms with Crippen LogP contribution in [-0.4, -0.2) is 70.7 Å². The summed E-state index contributed by atoms with van der Waals surface area (Å²) in [6.07, 6.45) is 2.62. The molecule has 2 aliphatic rings. The number of fused-ring (bicyclic) bond motifs is 1. The molecule has 0 radical (unpaired) electrons. The molecule has 2 fully saturated rings.